The highest BCUT2D eigenvalue weighted by molar-refractivity contribution is 6.02. The van der Waals surface area contributed by atoms with Crippen LogP contribution in [0.1, 0.15) is 17.0 Å². The number of para-hydroxylation sites is 1. The first-order chi connectivity index (χ1) is 12.6. The Kier molecular flexibility index (Phi) is 5.12. The molecule has 0 radical (unpaired) electrons. The molecule has 0 unspecified atom stereocenters. The standard InChI is InChI=1S/C20H20N4O2/c1-14-12-15(2)24(23-14)19-10-9-17(13-21-19)22-20(25)11-8-16-6-4-5-7-18(16)26-3/h4-13H,1-3H3,(H,22,25)/b11-8+. The van der Waals surface area contributed by atoms with Crippen molar-refractivity contribution in [2.45, 2.75) is 13.8 Å². The van der Waals surface area contributed by atoms with Crippen LogP contribution in [0.4, 0.5) is 5.69 Å². The van der Waals surface area contributed by atoms with Crippen LogP contribution in [0.15, 0.2) is 54.7 Å². The number of anilines is 1. The van der Waals surface area contributed by atoms with E-state index in [0.717, 1.165) is 17.0 Å². The Morgan fingerprint density at radius 2 is 2.00 bits per heavy atom. The molecule has 0 fully saturated rings. The average Bonchev–Trinajstić information content (AvgIpc) is 2.99. The van der Waals surface area contributed by atoms with E-state index in [4.69, 9.17) is 4.74 Å². The van der Waals surface area contributed by atoms with E-state index in [9.17, 15) is 4.79 Å². The van der Waals surface area contributed by atoms with Crippen molar-refractivity contribution in [1.29, 1.82) is 0 Å². The van der Waals surface area contributed by atoms with Crippen molar-refractivity contribution in [1.82, 2.24) is 14.8 Å². The van der Waals surface area contributed by atoms with Gasteiger partial charge in [-0.1, -0.05) is 18.2 Å². The molecule has 0 aliphatic heterocycles. The van der Waals surface area contributed by atoms with Gasteiger partial charge in [-0.25, -0.2) is 9.67 Å². The van der Waals surface area contributed by atoms with Crippen LogP contribution >= 0.6 is 0 Å². The fraction of sp³-hybridized carbons (Fsp3) is 0.150. The average molecular weight is 348 g/mol. The van der Waals surface area contributed by atoms with Crippen LogP contribution in [0.3, 0.4) is 0 Å². The minimum absolute atomic E-state index is 0.239. The van der Waals surface area contributed by atoms with E-state index in [1.807, 2.05) is 50.2 Å². The summed E-state index contributed by atoms with van der Waals surface area (Å²) in [5, 5.41) is 7.18. The molecule has 1 aromatic carbocycles. The maximum Gasteiger partial charge on any atom is 0.248 e. The summed E-state index contributed by atoms with van der Waals surface area (Å²) >= 11 is 0. The second kappa shape index (κ2) is 7.65. The van der Waals surface area contributed by atoms with Gasteiger partial charge in [-0.05, 0) is 44.2 Å². The predicted octanol–water partition coefficient (Wildman–Crippen LogP) is 3.54. The number of carbonyl (C=O) groups excluding carboxylic acids is 1. The summed E-state index contributed by atoms with van der Waals surface area (Å²) in [7, 11) is 1.60. The van der Waals surface area contributed by atoms with Crippen molar-refractivity contribution in [3.05, 3.63) is 71.7 Å². The molecule has 0 atom stereocenters. The van der Waals surface area contributed by atoms with Gasteiger partial charge in [-0.2, -0.15) is 5.10 Å². The minimum Gasteiger partial charge on any atom is -0.496 e. The van der Waals surface area contributed by atoms with E-state index < -0.39 is 0 Å². The zero-order valence-electron chi connectivity index (χ0n) is 14.9. The molecular weight excluding hydrogens is 328 g/mol. The molecule has 0 aliphatic carbocycles. The van der Waals surface area contributed by atoms with E-state index in [1.165, 1.54) is 6.08 Å². The molecule has 3 rings (SSSR count). The number of amides is 1. The summed E-state index contributed by atoms with van der Waals surface area (Å²) in [6.07, 6.45) is 4.79. The van der Waals surface area contributed by atoms with Crippen LogP contribution in [0.2, 0.25) is 0 Å². The van der Waals surface area contributed by atoms with Crippen molar-refractivity contribution in [2.24, 2.45) is 0 Å². The van der Waals surface area contributed by atoms with Crippen molar-refractivity contribution < 1.29 is 9.53 Å². The molecule has 1 amide bonds. The fourth-order valence-electron chi connectivity index (χ4n) is 2.60. The highest BCUT2D eigenvalue weighted by atomic mass is 16.5. The number of aryl methyl sites for hydroxylation is 2. The molecule has 0 spiro atoms. The largest absolute Gasteiger partial charge is 0.496 e. The Hall–Kier alpha value is -3.41. The molecule has 0 aliphatic rings. The third kappa shape index (κ3) is 3.97. The van der Waals surface area contributed by atoms with Gasteiger partial charge in [0.2, 0.25) is 5.91 Å². The zero-order chi connectivity index (χ0) is 18.5. The maximum atomic E-state index is 12.1. The molecule has 6 nitrogen and oxygen atoms in total. The first kappa shape index (κ1) is 17.4. The lowest BCUT2D eigenvalue weighted by molar-refractivity contribution is -0.111. The maximum absolute atomic E-state index is 12.1. The summed E-state index contributed by atoms with van der Waals surface area (Å²) in [5.41, 5.74) is 3.39. The Morgan fingerprint density at radius 1 is 1.19 bits per heavy atom. The van der Waals surface area contributed by atoms with E-state index in [0.29, 0.717) is 17.3 Å². The number of pyridine rings is 1. The van der Waals surface area contributed by atoms with Crippen LogP contribution in [0.5, 0.6) is 5.75 Å². The third-order valence-corrected chi connectivity index (χ3v) is 3.80. The monoisotopic (exact) mass is 348 g/mol. The number of methoxy groups -OCH3 is 1. The lowest BCUT2D eigenvalue weighted by atomic mass is 10.2. The molecule has 2 heterocycles. The number of hydrogen-bond donors (Lipinski definition) is 1. The number of nitrogens with zero attached hydrogens (tertiary/aromatic N) is 3. The van der Waals surface area contributed by atoms with Crippen molar-refractivity contribution in [3.8, 4) is 11.6 Å². The molecule has 2 aromatic heterocycles. The van der Waals surface area contributed by atoms with Gasteiger partial charge < -0.3 is 10.1 Å². The highest BCUT2D eigenvalue weighted by Crippen LogP contribution is 2.19. The molecule has 132 valence electrons. The topological polar surface area (TPSA) is 69.0 Å². The highest BCUT2D eigenvalue weighted by Gasteiger charge is 2.06. The van der Waals surface area contributed by atoms with Crippen LogP contribution < -0.4 is 10.1 Å². The number of ether oxygens (including phenoxy) is 1. The number of nitrogens with one attached hydrogen (secondary N) is 1. The quantitative estimate of drug-likeness (QED) is 0.716. The molecule has 0 saturated carbocycles. The normalized spacial score (nSPS) is 10.9. The first-order valence-corrected chi connectivity index (χ1v) is 8.18. The Balaban J connectivity index is 1.68. The molecular formula is C20H20N4O2. The lowest BCUT2D eigenvalue weighted by Gasteiger charge is -2.06. The second-order valence-electron chi connectivity index (χ2n) is 5.81. The molecule has 3 aromatic rings. The van der Waals surface area contributed by atoms with E-state index in [2.05, 4.69) is 15.4 Å². The van der Waals surface area contributed by atoms with Crippen LogP contribution in [0, 0.1) is 13.8 Å². The van der Waals surface area contributed by atoms with Gasteiger partial charge in [-0.15, -0.1) is 0 Å². The lowest BCUT2D eigenvalue weighted by Crippen LogP contribution is -2.09. The molecule has 26 heavy (non-hydrogen) atoms. The van der Waals surface area contributed by atoms with E-state index in [-0.39, 0.29) is 5.91 Å². The van der Waals surface area contributed by atoms with Gasteiger partial charge in [0.25, 0.3) is 0 Å². The SMILES string of the molecule is COc1ccccc1/C=C/C(=O)Nc1ccc(-n2nc(C)cc2C)nc1. The smallest absolute Gasteiger partial charge is 0.248 e. The van der Waals surface area contributed by atoms with Gasteiger partial charge in [0, 0.05) is 17.3 Å². The molecule has 0 bridgehead atoms. The van der Waals surface area contributed by atoms with E-state index >= 15 is 0 Å². The van der Waals surface area contributed by atoms with Crippen molar-refractivity contribution in [3.63, 3.8) is 0 Å². The van der Waals surface area contributed by atoms with Crippen LogP contribution in [-0.4, -0.2) is 27.8 Å². The summed E-state index contributed by atoms with van der Waals surface area (Å²) in [6, 6.07) is 13.1. The number of hydrogen-bond acceptors (Lipinski definition) is 4. The minimum atomic E-state index is -0.239. The Bertz CT molecular complexity index is 943. The summed E-state index contributed by atoms with van der Waals surface area (Å²) in [6.45, 7) is 3.91. The summed E-state index contributed by atoms with van der Waals surface area (Å²) < 4.78 is 7.03. The summed E-state index contributed by atoms with van der Waals surface area (Å²) in [4.78, 5) is 16.5. The van der Waals surface area contributed by atoms with Crippen molar-refractivity contribution in [2.75, 3.05) is 12.4 Å². The predicted molar refractivity (Wildman–Crippen MR) is 101 cm³/mol. The van der Waals surface area contributed by atoms with Gasteiger partial charge in [0.05, 0.1) is 24.7 Å². The molecule has 1 N–H and O–H groups in total. The van der Waals surface area contributed by atoms with Gasteiger partial charge >= 0.3 is 0 Å². The first-order valence-electron chi connectivity index (χ1n) is 8.18. The second-order valence-corrected chi connectivity index (χ2v) is 5.81. The van der Waals surface area contributed by atoms with Crippen LogP contribution in [-0.2, 0) is 4.79 Å². The number of benzene rings is 1. The van der Waals surface area contributed by atoms with Gasteiger partial charge in [-0.3, -0.25) is 4.79 Å². The Labute approximate surface area is 152 Å². The van der Waals surface area contributed by atoms with Crippen molar-refractivity contribution >= 4 is 17.7 Å². The number of aromatic nitrogens is 3. The fourth-order valence-corrected chi connectivity index (χ4v) is 2.60. The van der Waals surface area contributed by atoms with Crippen LogP contribution in [0.25, 0.3) is 11.9 Å². The summed E-state index contributed by atoms with van der Waals surface area (Å²) in [5.74, 6) is 1.18. The van der Waals surface area contributed by atoms with E-state index in [1.54, 1.807) is 30.1 Å². The number of carbonyl (C=O) groups is 1. The Morgan fingerprint density at radius 3 is 2.65 bits per heavy atom. The number of rotatable bonds is 5. The zero-order valence-corrected chi connectivity index (χ0v) is 14.9. The molecule has 0 saturated heterocycles. The van der Waals surface area contributed by atoms with Gasteiger partial charge in [0.15, 0.2) is 5.82 Å². The third-order valence-electron chi connectivity index (χ3n) is 3.80. The molecule has 6 heteroatoms. The van der Waals surface area contributed by atoms with Gasteiger partial charge in [0.1, 0.15) is 5.75 Å².